The number of aliphatic carboxylic acids is 1. The molecule has 2 aromatic rings. The van der Waals surface area contributed by atoms with Crippen molar-refractivity contribution in [2.24, 2.45) is 0 Å². The molecule has 0 unspecified atom stereocenters. The Morgan fingerprint density at radius 3 is 2.59 bits per heavy atom. The van der Waals surface area contributed by atoms with Crippen molar-refractivity contribution >= 4 is 11.9 Å². The molecule has 1 aromatic carbocycles. The van der Waals surface area contributed by atoms with Gasteiger partial charge in [-0.05, 0) is 25.5 Å². The van der Waals surface area contributed by atoms with Gasteiger partial charge in [0.05, 0.1) is 11.9 Å². The average molecular weight is 302 g/mol. The molecule has 1 N–H and O–H groups in total. The van der Waals surface area contributed by atoms with E-state index in [0.717, 1.165) is 11.3 Å². The van der Waals surface area contributed by atoms with Crippen LogP contribution >= 0.6 is 0 Å². The van der Waals surface area contributed by atoms with Crippen molar-refractivity contribution in [2.45, 2.75) is 19.8 Å². The maximum atomic E-state index is 12.2. The van der Waals surface area contributed by atoms with Gasteiger partial charge in [-0.3, -0.25) is 9.59 Å². The van der Waals surface area contributed by atoms with E-state index >= 15 is 0 Å². The predicted octanol–water partition coefficient (Wildman–Crippen LogP) is 1.51. The number of rotatable bonds is 6. The molecule has 7 heteroatoms. The average Bonchev–Trinajstić information content (AvgIpc) is 2.96. The molecule has 0 bridgehead atoms. The van der Waals surface area contributed by atoms with Crippen LogP contribution in [0.1, 0.15) is 28.9 Å². The third-order valence-electron chi connectivity index (χ3n) is 3.24. The highest BCUT2D eigenvalue weighted by atomic mass is 16.4. The number of carbonyl (C=O) groups excluding carboxylic acids is 1. The maximum absolute atomic E-state index is 12.2. The summed E-state index contributed by atoms with van der Waals surface area (Å²) in [6, 6.07) is 7.71. The lowest BCUT2D eigenvalue weighted by Gasteiger charge is -2.14. The molecule has 0 saturated heterocycles. The Bertz CT molecular complexity index is 664. The Morgan fingerprint density at radius 2 is 1.95 bits per heavy atom. The first-order valence-electron chi connectivity index (χ1n) is 6.94. The topological polar surface area (TPSA) is 88.3 Å². The van der Waals surface area contributed by atoms with Gasteiger partial charge < -0.3 is 10.0 Å². The lowest BCUT2D eigenvalue weighted by atomic mass is 10.2. The summed E-state index contributed by atoms with van der Waals surface area (Å²) in [6.45, 7) is 2.36. The SMILES string of the molecule is Cc1ccc(-n2cc(C(=O)N(C)CCCC(=O)O)nn2)cc1. The minimum absolute atomic E-state index is 0.0354. The molecule has 116 valence electrons. The number of nitrogens with zero attached hydrogens (tertiary/aromatic N) is 4. The van der Waals surface area contributed by atoms with Crippen LogP contribution in [0, 0.1) is 6.92 Å². The van der Waals surface area contributed by atoms with Crippen molar-refractivity contribution in [1.82, 2.24) is 19.9 Å². The summed E-state index contributed by atoms with van der Waals surface area (Å²) in [5.41, 5.74) is 2.20. The second-order valence-corrected chi connectivity index (χ2v) is 5.11. The van der Waals surface area contributed by atoms with Crippen LogP contribution in [-0.2, 0) is 4.79 Å². The monoisotopic (exact) mass is 302 g/mol. The van der Waals surface area contributed by atoms with Crippen molar-refractivity contribution < 1.29 is 14.7 Å². The van der Waals surface area contributed by atoms with E-state index in [4.69, 9.17) is 5.11 Å². The molecule has 0 fully saturated rings. The van der Waals surface area contributed by atoms with E-state index in [9.17, 15) is 9.59 Å². The summed E-state index contributed by atoms with van der Waals surface area (Å²) in [7, 11) is 1.62. The standard InChI is InChI=1S/C15H18N4O3/c1-11-5-7-12(8-6-11)19-10-13(16-17-19)15(22)18(2)9-3-4-14(20)21/h5-8,10H,3-4,9H2,1-2H3,(H,20,21). The van der Waals surface area contributed by atoms with Crippen LogP contribution in [-0.4, -0.2) is 50.5 Å². The second-order valence-electron chi connectivity index (χ2n) is 5.11. The first-order chi connectivity index (χ1) is 10.5. The molecule has 7 nitrogen and oxygen atoms in total. The molecule has 1 aromatic heterocycles. The van der Waals surface area contributed by atoms with E-state index in [2.05, 4.69) is 10.3 Å². The minimum Gasteiger partial charge on any atom is -0.481 e. The van der Waals surface area contributed by atoms with Gasteiger partial charge in [-0.25, -0.2) is 4.68 Å². The van der Waals surface area contributed by atoms with Gasteiger partial charge in [0, 0.05) is 20.0 Å². The van der Waals surface area contributed by atoms with Crippen LogP contribution in [0.15, 0.2) is 30.5 Å². The van der Waals surface area contributed by atoms with Crippen molar-refractivity contribution in [3.05, 3.63) is 41.7 Å². The molecular formula is C15H18N4O3. The molecule has 22 heavy (non-hydrogen) atoms. The normalized spacial score (nSPS) is 10.5. The molecule has 0 spiro atoms. The van der Waals surface area contributed by atoms with Crippen LogP contribution in [0.25, 0.3) is 5.69 Å². The van der Waals surface area contributed by atoms with Crippen LogP contribution in [0.2, 0.25) is 0 Å². The molecule has 0 radical (unpaired) electrons. The zero-order valence-corrected chi connectivity index (χ0v) is 12.6. The van der Waals surface area contributed by atoms with Crippen LogP contribution in [0.5, 0.6) is 0 Å². The summed E-state index contributed by atoms with van der Waals surface area (Å²) in [4.78, 5) is 24.1. The number of hydrogen-bond acceptors (Lipinski definition) is 4. The number of aryl methyl sites for hydroxylation is 1. The Labute approximate surface area is 128 Å². The molecule has 0 aliphatic carbocycles. The minimum atomic E-state index is -0.869. The van der Waals surface area contributed by atoms with Gasteiger partial charge in [0.25, 0.3) is 5.91 Å². The summed E-state index contributed by atoms with van der Waals surface area (Å²) >= 11 is 0. The molecule has 1 amide bonds. The van der Waals surface area contributed by atoms with Gasteiger partial charge in [-0.15, -0.1) is 5.10 Å². The van der Waals surface area contributed by atoms with E-state index in [1.165, 1.54) is 9.58 Å². The van der Waals surface area contributed by atoms with Crippen LogP contribution < -0.4 is 0 Å². The number of benzene rings is 1. The fourth-order valence-corrected chi connectivity index (χ4v) is 1.95. The summed E-state index contributed by atoms with van der Waals surface area (Å²) in [5.74, 6) is -1.14. The van der Waals surface area contributed by atoms with E-state index in [1.54, 1.807) is 13.2 Å². The van der Waals surface area contributed by atoms with Gasteiger partial charge >= 0.3 is 5.97 Å². The summed E-state index contributed by atoms with van der Waals surface area (Å²) in [5, 5.41) is 16.4. The van der Waals surface area contributed by atoms with Gasteiger partial charge in [0.1, 0.15) is 0 Å². The fraction of sp³-hybridized carbons (Fsp3) is 0.333. The number of carboxylic acid groups (broad SMARTS) is 1. The first-order valence-corrected chi connectivity index (χ1v) is 6.94. The second kappa shape index (κ2) is 6.84. The highest BCUT2D eigenvalue weighted by Crippen LogP contribution is 2.09. The van der Waals surface area contributed by atoms with Gasteiger partial charge in [-0.1, -0.05) is 22.9 Å². The maximum Gasteiger partial charge on any atom is 0.303 e. The highest BCUT2D eigenvalue weighted by molar-refractivity contribution is 5.91. The van der Waals surface area contributed by atoms with E-state index in [-0.39, 0.29) is 18.0 Å². The summed E-state index contributed by atoms with van der Waals surface area (Å²) < 4.78 is 1.54. The number of carbonyl (C=O) groups is 2. The molecule has 2 rings (SSSR count). The van der Waals surface area contributed by atoms with Crippen molar-refractivity contribution in [1.29, 1.82) is 0 Å². The number of aromatic nitrogens is 3. The van der Waals surface area contributed by atoms with E-state index < -0.39 is 5.97 Å². The lowest BCUT2D eigenvalue weighted by Crippen LogP contribution is -2.28. The zero-order chi connectivity index (χ0) is 16.1. The third-order valence-corrected chi connectivity index (χ3v) is 3.24. The molecular weight excluding hydrogens is 284 g/mol. The molecule has 1 heterocycles. The zero-order valence-electron chi connectivity index (χ0n) is 12.6. The van der Waals surface area contributed by atoms with E-state index in [0.29, 0.717) is 13.0 Å². The first kappa shape index (κ1) is 15.7. The van der Waals surface area contributed by atoms with E-state index in [1.807, 2.05) is 31.2 Å². The Hall–Kier alpha value is -2.70. The molecule has 0 atom stereocenters. The fourth-order valence-electron chi connectivity index (χ4n) is 1.95. The van der Waals surface area contributed by atoms with Crippen molar-refractivity contribution in [3.63, 3.8) is 0 Å². The quantitative estimate of drug-likeness (QED) is 0.874. The van der Waals surface area contributed by atoms with Gasteiger partial charge in [-0.2, -0.15) is 0 Å². The molecule has 0 aliphatic heterocycles. The van der Waals surface area contributed by atoms with Gasteiger partial charge in [0.2, 0.25) is 0 Å². The Kier molecular flexibility index (Phi) is 4.88. The smallest absolute Gasteiger partial charge is 0.303 e. The van der Waals surface area contributed by atoms with Crippen LogP contribution in [0.3, 0.4) is 0 Å². The Morgan fingerprint density at radius 1 is 1.27 bits per heavy atom. The van der Waals surface area contributed by atoms with Crippen LogP contribution in [0.4, 0.5) is 0 Å². The number of hydrogen-bond donors (Lipinski definition) is 1. The number of amides is 1. The molecule has 0 aliphatic rings. The third kappa shape index (κ3) is 3.91. The highest BCUT2D eigenvalue weighted by Gasteiger charge is 2.16. The summed E-state index contributed by atoms with van der Waals surface area (Å²) in [6.07, 6.45) is 2.01. The van der Waals surface area contributed by atoms with Gasteiger partial charge in [0.15, 0.2) is 5.69 Å². The Balaban J connectivity index is 2.02. The lowest BCUT2D eigenvalue weighted by molar-refractivity contribution is -0.137. The van der Waals surface area contributed by atoms with Crippen molar-refractivity contribution in [3.8, 4) is 5.69 Å². The number of carboxylic acids is 1. The predicted molar refractivity (Wildman–Crippen MR) is 79.9 cm³/mol. The molecule has 0 saturated carbocycles. The largest absolute Gasteiger partial charge is 0.481 e. The van der Waals surface area contributed by atoms with Crippen molar-refractivity contribution in [2.75, 3.05) is 13.6 Å².